The average Bonchev–Trinajstić information content (AvgIpc) is 2.53. The van der Waals surface area contributed by atoms with Gasteiger partial charge in [0.05, 0.1) is 7.11 Å². The van der Waals surface area contributed by atoms with E-state index < -0.39 is 12.5 Å². The summed E-state index contributed by atoms with van der Waals surface area (Å²) in [6.45, 7) is -0.765. The molecule has 0 spiro atoms. The molecule has 0 aliphatic heterocycles. The second kappa shape index (κ2) is 6.76. The number of hydrogen-bond donors (Lipinski definition) is 0. The summed E-state index contributed by atoms with van der Waals surface area (Å²) in [7, 11) is 1.46. The molecule has 0 atom stereocenters. The van der Waals surface area contributed by atoms with Crippen molar-refractivity contribution < 1.29 is 18.3 Å². The van der Waals surface area contributed by atoms with Crippen molar-refractivity contribution in [1.29, 1.82) is 0 Å². The lowest BCUT2D eigenvalue weighted by Crippen LogP contribution is -2.23. The Bertz CT molecular complexity index is 588. The molecule has 0 N–H and O–H groups in total. The number of halogens is 3. The van der Waals surface area contributed by atoms with Crippen molar-refractivity contribution in [2.45, 2.75) is 11.8 Å². The second-order valence-corrected chi connectivity index (χ2v) is 4.75. The molecule has 0 heterocycles. The normalized spacial score (nSPS) is 11.2. The van der Waals surface area contributed by atoms with Gasteiger partial charge in [0.1, 0.15) is 0 Å². The van der Waals surface area contributed by atoms with Crippen LogP contribution in [0.3, 0.4) is 0 Å². The highest BCUT2D eigenvalue weighted by molar-refractivity contribution is 6.17. The molecule has 0 aliphatic rings. The minimum absolute atomic E-state index is 0.0857. The highest BCUT2D eigenvalue weighted by atomic mass is 35.5. The molecule has 112 valence electrons. The van der Waals surface area contributed by atoms with Gasteiger partial charge in [0, 0.05) is 11.4 Å². The smallest absolute Gasteiger partial charge is 0.306 e. The molecule has 5 heteroatoms. The lowest BCUT2D eigenvalue weighted by atomic mass is 10.1. The number of ether oxygens (including phenoxy) is 2. The van der Waals surface area contributed by atoms with Gasteiger partial charge in [-0.3, -0.25) is 0 Å². The van der Waals surface area contributed by atoms with Crippen molar-refractivity contribution >= 4 is 11.6 Å². The largest absolute Gasteiger partial charge is 0.493 e. The lowest BCUT2D eigenvalue weighted by Gasteiger charge is -2.19. The van der Waals surface area contributed by atoms with Gasteiger partial charge in [0.2, 0.25) is 0 Å². The van der Waals surface area contributed by atoms with E-state index in [0.29, 0.717) is 5.75 Å². The van der Waals surface area contributed by atoms with Crippen LogP contribution in [0.25, 0.3) is 0 Å². The standard InChI is InChI=1S/C16H15ClF2O2/c1-20-14-8-7-12(10-17)9-15(14)21-11-16(18,19)13-5-3-2-4-6-13/h2-9H,10-11H2,1H3. The van der Waals surface area contributed by atoms with Crippen molar-refractivity contribution in [3.8, 4) is 11.5 Å². The van der Waals surface area contributed by atoms with E-state index >= 15 is 0 Å². The van der Waals surface area contributed by atoms with E-state index in [2.05, 4.69) is 0 Å². The number of benzene rings is 2. The molecule has 0 fully saturated rings. The van der Waals surface area contributed by atoms with Gasteiger partial charge < -0.3 is 9.47 Å². The van der Waals surface area contributed by atoms with Crippen molar-refractivity contribution in [2.24, 2.45) is 0 Å². The van der Waals surface area contributed by atoms with E-state index in [9.17, 15) is 8.78 Å². The van der Waals surface area contributed by atoms with Crippen LogP contribution < -0.4 is 9.47 Å². The lowest BCUT2D eigenvalue weighted by molar-refractivity contribution is -0.0472. The van der Waals surface area contributed by atoms with E-state index in [0.717, 1.165) is 5.56 Å². The highest BCUT2D eigenvalue weighted by Gasteiger charge is 2.32. The first-order valence-electron chi connectivity index (χ1n) is 6.36. The van der Waals surface area contributed by atoms with E-state index in [1.165, 1.54) is 19.2 Å². The van der Waals surface area contributed by atoms with Gasteiger partial charge in [-0.15, -0.1) is 11.6 Å². The first-order chi connectivity index (χ1) is 10.1. The fourth-order valence-corrected chi connectivity index (χ4v) is 2.02. The quantitative estimate of drug-likeness (QED) is 0.725. The summed E-state index contributed by atoms with van der Waals surface area (Å²) in [5.41, 5.74) is 0.688. The Balaban J connectivity index is 2.15. The van der Waals surface area contributed by atoms with Gasteiger partial charge in [-0.2, -0.15) is 8.78 Å². The summed E-state index contributed by atoms with van der Waals surface area (Å²) in [5, 5.41) is 0. The molecular weight excluding hydrogens is 298 g/mol. The summed E-state index contributed by atoms with van der Waals surface area (Å²) < 4.78 is 38.5. The maximum Gasteiger partial charge on any atom is 0.306 e. The monoisotopic (exact) mass is 312 g/mol. The Morgan fingerprint density at radius 2 is 1.76 bits per heavy atom. The Morgan fingerprint density at radius 3 is 2.38 bits per heavy atom. The predicted octanol–water partition coefficient (Wildman–Crippen LogP) is 4.60. The molecule has 21 heavy (non-hydrogen) atoms. The molecule has 0 aliphatic carbocycles. The molecule has 2 aromatic carbocycles. The molecule has 2 rings (SSSR count). The van der Waals surface area contributed by atoms with Gasteiger partial charge in [-0.05, 0) is 17.7 Å². The van der Waals surface area contributed by atoms with Gasteiger partial charge in [0.25, 0.3) is 0 Å². The van der Waals surface area contributed by atoms with Crippen molar-refractivity contribution in [2.75, 3.05) is 13.7 Å². The summed E-state index contributed by atoms with van der Waals surface area (Å²) in [5.74, 6) is -2.16. The molecule has 0 radical (unpaired) electrons. The Morgan fingerprint density at radius 1 is 1.05 bits per heavy atom. The third kappa shape index (κ3) is 3.85. The number of hydrogen-bond acceptors (Lipinski definition) is 2. The van der Waals surface area contributed by atoms with Crippen LogP contribution in [0.1, 0.15) is 11.1 Å². The molecule has 0 bridgehead atoms. The minimum Gasteiger partial charge on any atom is -0.493 e. The van der Waals surface area contributed by atoms with Crippen LogP contribution in [0.15, 0.2) is 48.5 Å². The third-order valence-electron chi connectivity index (χ3n) is 2.99. The molecule has 0 saturated heterocycles. The maximum atomic E-state index is 14.1. The Labute approximate surface area is 127 Å². The zero-order valence-corrected chi connectivity index (χ0v) is 12.2. The topological polar surface area (TPSA) is 18.5 Å². The summed E-state index contributed by atoms with van der Waals surface area (Å²) in [6.07, 6.45) is 0. The Kier molecular flexibility index (Phi) is 5.02. The highest BCUT2D eigenvalue weighted by Crippen LogP contribution is 2.33. The van der Waals surface area contributed by atoms with Gasteiger partial charge >= 0.3 is 5.92 Å². The predicted molar refractivity (Wildman–Crippen MR) is 78.4 cm³/mol. The number of alkyl halides is 3. The van der Waals surface area contributed by atoms with Crippen molar-refractivity contribution in [3.05, 3.63) is 59.7 Å². The molecule has 2 nitrogen and oxygen atoms in total. The van der Waals surface area contributed by atoms with Gasteiger partial charge in [-0.1, -0.05) is 36.4 Å². The SMILES string of the molecule is COc1ccc(CCl)cc1OCC(F)(F)c1ccccc1. The first kappa shape index (κ1) is 15.6. The van der Waals surface area contributed by atoms with Crippen LogP contribution in [0.2, 0.25) is 0 Å². The van der Waals surface area contributed by atoms with Crippen LogP contribution in [0, 0.1) is 0 Å². The molecular formula is C16H15ClF2O2. The van der Waals surface area contributed by atoms with Crippen LogP contribution in [-0.4, -0.2) is 13.7 Å². The van der Waals surface area contributed by atoms with E-state index in [1.807, 2.05) is 0 Å². The zero-order valence-electron chi connectivity index (χ0n) is 11.5. The molecule has 0 unspecified atom stereocenters. The maximum absolute atomic E-state index is 14.1. The zero-order chi connectivity index (χ0) is 15.3. The second-order valence-electron chi connectivity index (χ2n) is 4.48. The summed E-state index contributed by atoms with van der Waals surface area (Å²) in [4.78, 5) is 0. The minimum atomic E-state index is -3.08. The third-order valence-corrected chi connectivity index (χ3v) is 3.30. The molecule has 0 aromatic heterocycles. The Hall–Kier alpha value is -1.81. The van der Waals surface area contributed by atoms with E-state index in [1.54, 1.807) is 36.4 Å². The average molecular weight is 313 g/mol. The van der Waals surface area contributed by atoms with Crippen LogP contribution in [0.5, 0.6) is 11.5 Å². The number of rotatable bonds is 6. The van der Waals surface area contributed by atoms with Gasteiger partial charge in [0.15, 0.2) is 18.1 Å². The fourth-order valence-electron chi connectivity index (χ4n) is 1.85. The molecule has 2 aromatic rings. The molecule has 0 saturated carbocycles. The first-order valence-corrected chi connectivity index (χ1v) is 6.89. The summed E-state index contributed by atoms with van der Waals surface area (Å²) in [6, 6.07) is 12.6. The van der Waals surface area contributed by atoms with Crippen LogP contribution in [0.4, 0.5) is 8.78 Å². The van der Waals surface area contributed by atoms with E-state index in [4.69, 9.17) is 21.1 Å². The van der Waals surface area contributed by atoms with Crippen molar-refractivity contribution in [1.82, 2.24) is 0 Å². The van der Waals surface area contributed by atoms with Crippen molar-refractivity contribution in [3.63, 3.8) is 0 Å². The van der Waals surface area contributed by atoms with Crippen LogP contribution >= 0.6 is 11.6 Å². The van der Waals surface area contributed by atoms with Gasteiger partial charge in [-0.25, -0.2) is 0 Å². The molecule has 0 amide bonds. The van der Waals surface area contributed by atoms with Crippen LogP contribution in [-0.2, 0) is 11.8 Å². The number of methoxy groups -OCH3 is 1. The fraction of sp³-hybridized carbons (Fsp3) is 0.250. The van der Waals surface area contributed by atoms with E-state index in [-0.39, 0.29) is 17.2 Å². The summed E-state index contributed by atoms with van der Waals surface area (Å²) >= 11 is 5.74.